The van der Waals surface area contributed by atoms with Crippen molar-refractivity contribution in [2.24, 2.45) is 0 Å². The third kappa shape index (κ3) is 201. The highest BCUT2D eigenvalue weighted by Gasteiger charge is 2.03. The molecule has 0 spiro atoms. The largest absolute Gasteiger partial charge is 0.519 e. The first-order valence-electron chi connectivity index (χ1n) is 6.05. The summed E-state index contributed by atoms with van der Waals surface area (Å²) in [5.41, 5.74) is 0. The van der Waals surface area contributed by atoms with E-state index in [0.717, 1.165) is 11.7 Å². The second-order valence-corrected chi connectivity index (χ2v) is 29.6. The average molecular weight is 702 g/mol. The van der Waals surface area contributed by atoms with Crippen LogP contribution in [0, 0.1) is 13.8 Å². The molecular weight excluding hydrogens is 677 g/mol. The lowest BCUT2D eigenvalue weighted by molar-refractivity contribution is 0.956. The van der Waals surface area contributed by atoms with Crippen LogP contribution >= 0.6 is 96.4 Å². The zero-order valence-corrected chi connectivity index (χ0v) is 27.6. The van der Waals surface area contributed by atoms with Gasteiger partial charge >= 0.3 is 47.7 Å². The molecule has 0 saturated heterocycles. The van der Waals surface area contributed by atoms with Crippen molar-refractivity contribution in [3.05, 3.63) is 13.8 Å². The molecule has 0 aromatic carbocycles. The Morgan fingerprint density at radius 1 is 0.905 bits per heavy atom. The third-order valence-electron chi connectivity index (χ3n) is 0.662. The van der Waals surface area contributed by atoms with Gasteiger partial charge in [0.05, 0.1) is 0 Å². The summed E-state index contributed by atoms with van der Waals surface area (Å²) < 4.78 is 0. The molecule has 2 radical (unpaired) electrons. The highest BCUT2D eigenvalue weighted by atomic mass is 79.9. The number of unbranched alkanes of at least 4 members (excludes halogenated alkanes) is 1. The van der Waals surface area contributed by atoms with E-state index in [9.17, 15) is 0 Å². The highest BCUT2D eigenvalue weighted by Crippen LogP contribution is 1.99. The molecule has 21 heavy (non-hydrogen) atoms. The van der Waals surface area contributed by atoms with Crippen molar-refractivity contribution < 1.29 is 0 Å². The molecule has 0 aliphatic heterocycles. The molecule has 0 bridgehead atoms. The van der Waals surface area contributed by atoms with Crippen LogP contribution in [-0.2, 0) is 0 Å². The van der Waals surface area contributed by atoms with Crippen molar-refractivity contribution in [3.63, 3.8) is 0 Å². The van der Waals surface area contributed by atoms with E-state index in [-0.39, 0.29) is 23.1 Å². The third-order valence-corrected chi connectivity index (χ3v) is 3.13. The van der Waals surface area contributed by atoms with Gasteiger partial charge in [-0.2, -0.15) is 0 Å². The van der Waals surface area contributed by atoms with E-state index in [1.807, 2.05) is 12.7 Å². The van der Waals surface area contributed by atoms with Crippen LogP contribution in [0.5, 0.6) is 0 Å². The molecule has 0 fully saturated rings. The molecule has 0 aliphatic carbocycles. The normalized spacial score (nSPS) is 6.19. The molecule has 0 amide bonds. The molecule has 0 aromatic heterocycles. The van der Waals surface area contributed by atoms with Crippen molar-refractivity contribution in [1.29, 1.82) is 0 Å². The predicted octanol–water partition coefficient (Wildman–Crippen LogP) is 8.10. The molecule has 128 valence electrons. The minimum atomic E-state index is -1.21. The molecule has 0 unspecified atom stereocenters. The second kappa shape index (κ2) is 56.2. The Balaban J connectivity index is -0.0000000329. The first kappa shape index (κ1) is 40.8. The van der Waals surface area contributed by atoms with Crippen molar-refractivity contribution in [2.45, 2.75) is 44.7 Å². The minimum Gasteiger partial charge on any atom is -0.234 e. The van der Waals surface area contributed by atoms with E-state index in [1.54, 1.807) is 6.92 Å². The summed E-state index contributed by atoms with van der Waals surface area (Å²) in [7, 11) is 21.1. The SMILES string of the molecule is C[CH2][Al]([Cl])[Cl].[Br][AlH][Br].[Br][AlH][Br].[CH2]C.[CH2]CCC.[CH3][Al]([Cl])[Cl]. The van der Waals surface area contributed by atoms with Crippen LogP contribution in [0.15, 0.2) is 0 Å². The Bertz CT molecular complexity index is 105. The number of hydrogen-bond donors (Lipinski definition) is 0. The van der Waals surface area contributed by atoms with Gasteiger partial charge < -0.3 is 0 Å². The number of hydrogen-bond acceptors (Lipinski definition) is 0. The highest BCUT2D eigenvalue weighted by molar-refractivity contribution is 9.47. The van der Waals surface area contributed by atoms with Crippen LogP contribution in [0.1, 0.15) is 33.6 Å². The lowest BCUT2D eigenvalue weighted by Crippen LogP contribution is -1.83. The summed E-state index contributed by atoms with van der Waals surface area (Å²) in [5, 5.41) is 0.975. The maximum atomic E-state index is 5.37. The van der Waals surface area contributed by atoms with Crippen LogP contribution in [0.2, 0.25) is 11.1 Å². The van der Waals surface area contributed by atoms with Gasteiger partial charge in [0.25, 0.3) is 0 Å². The van der Waals surface area contributed by atoms with Gasteiger partial charge in [-0.15, -0.1) is 0 Å². The minimum absolute atomic E-state index is 0.0417. The van der Waals surface area contributed by atoms with E-state index >= 15 is 0 Å². The van der Waals surface area contributed by atoms with E-state index in [2.05, 4.69) is 77.0 Å². The maximum absolute atomic E-state index is 5.37. The van der Waals surface area contributed by atoms with Crippen molar-refractivity contribution in [1.82, 2.24) is 0 Å². The molecular formula is C9H24Al4Br4Cl4. The first-order valence-corrected chi connectivity index (χ1v) is 30.6. The fourth-order valence-corrected chi connectivity index (χ4v) is 0. The van der Waals surface area contributed by atoms with Gasteiger partial charge in [-0.25, -0.2) is 96.4 Å². The number of rotatable bonds is 2. The van der Waals surface area contributed by atoms with E-state index in [1.165, 1.54) is 6.42 Å². The van der Waals surface area contributed by atoms with Gasteiger partial charge in [0.2, 0.25) is 0 Å². The zero-order valence-electron chi connectivity index (χ0n) is 13.1. The van der Waals surface area contributed by atoms with Gasteiger partial charge in [-0.1, -0.05) is 58.5 Å². The van der Waals surface area contributed by atoms with Crippen molar-refractivity contribution >= 4 is 144 Å². The summed E-state index contributed by atoms with van der Waals surface area (Å²) in [5.74, 6) is 1.84. The Labute approximate surface area is 199 Å². The fraction of sp³-hybridized carbons (Fsp3) is 0.778. The van der Waals surface area contributed by atoms with Gasteiger partial charge in [0.1, 0.15) is 0 Å². The topological polar surface area (TPSA) is 0 Å². The summed E-state index contributed by atoms with van der Waals surface area (Å²) in [6.07, 6.45) is 2.28. The summed E-state index contributed by atoms with van der Waals surface area (Å²) in [4.78, 5) is 0. The lowest BCUT2D eigenvalue weighted by Gasteiger charge is -1.74. The van der Waals surface area contributed by atoms with Crippen LogP contribution in [0.25, 0.3) is 0 Å². The molecule has 0 saturated carbocycles. The van der Waals surface area contributed by atoms with E-state index in [4.69, 9.17) is 40.2 Å². The molecule has 0 nitrogen and oxygen atoms in total. The lowest BCUT2D eigenvalue weighted by atomic mass is 10.4. The molecule has 12 heteroatoms. The van der Waals surface area contributed by atoms with Gasteiger partial charge in [-0.05, 0) is 0 Å². The standard InChI is InChI=1S/C4H9.2C2H5.CH3.4Al.4BrH.4ClH.2H/c1-3-4-2;2*1-2;;;;;;;;;;;;;;;/h1,3-4H2,2H3;2*1H2,2H3;1H3;;;;;8*1H;;/q;;;;4*+2;;;;;;;;;;/p-8. The molecule has 0 atom stereocenters. The van der Waals surface area contributed by atoms with Gasteiger partial charge in [-0.3, -0.25) is 0 Å². The van der Waals surface area contributed by atoms with E-state index in [0.29, 0.717) is 0 Å². The van der Waals surface area contributed by atoms with Crippen LogP contribution in [-0.4, -0.2) is 47.7 Å². The second-order valence-electron chi connectivity index (χ2n) is 2.37. The van der Waals surface area contributed by atoms with E-state index < -0.39 is 24.6 Å². The van der Waals surface area contributed by atoms with Gasteiger partial charge in [0, 0.05) is 0 Å². The summed E-state index contributed by atoms with van der Waals surface area (Å²) in [6.45, 7) is 12.7. The smallest absolute Gasteiger partial charge is 0.234 e. The molecule has 0 heterocycles. The Morgan fingerprint density at radius 2 is 1.00 bits per heavy atom. The predicted molar refractivity (Wildman–Crippen MR) is 133 cm³/mol. The van der Waals surface area contributed by atoms with Gasteiger partial charge in [0.15, 0.2) is 0 Å². The van der Waals surface area contributed by atoms with Crippen LogP contribution in [0.4, 0.5) is 0 Å². The molecule has 0 rings (SSSR count). The molecule has 0 aliphatic rings. The van der Waals surface area contributed by atoms with Crippen LogP contribution in [0.3, 0.4) is 0 Å². The summed E-state index contributed by atoms with van der Waals surface area (Å²) in [6, 6.07) is 0. The van der Waals surface area contributed by atoms with Crippen molar-refractivity contribution in [3.8, 4) is 0 Å². The average Bonchev–Trinajstić information content (AvgIpc) is 2.42. The fourth-order valence-electron chi connectivity index (χ4n) is 0. The zero-order chi connectivity index (χ0) is 18.7. The quantitative estimate of drug-likeness (QED) is 0.256. The Hall–Kier alpha value is 5.21. The van der Waals surface area contributed by atoms with Crippen LogP contribution < -0.4 is 0 Å². The summed E-state index contributed by atoms with van der Waals surface area (Å²) >= 11 is 10.5. The number of halogens is 8. The van der Waals surface area contributed by atoms with Crippen molar-refractivity contribution in [2.75, 3.05) is 0 Å². The first-order chi connectivity index (χ1) is 9.74. The Kier molecular flexibility index (Phi) is 109. The molecule has 0 aromatic rings. The maximum Gasteiger partial charge on any atom is 0.519 e. The monoisotopic (exact) mass is 696 g/mol. The molecule has 0 N–H and O–H groups in total. The Morgan fingerprint density at radius 3 is 1.00 bits per heavy atom.